The van der Waals surface area contributed by atoms with Crippen LogP contribution in [0.5, 0.6) is 11.5 Å². The minimum Gasteiger partial charge on any atom is -0.421 e. The van der Waals surface area contributed by atoms with Crippen molar-refractivity contribution in [2.75, 3.05) is 0 Å². The summed E-state index contributed by atoms with van der Waals surface area (Å²) in [6.45, 7) is 0. The van der Waals surface area contributed by atoms with Crippen LogP contribution in [0.3, 0.4) is 0 Å². The normalized spacial score (nSPS) is 18.8. The number of rotatable bonds is 1. The van der Waals surface area contributed by atoms with Crippen LogP contribution in [0.4, 0.5) is 17.6 Å². The molecule has 1 aliphatic rings. The maximum Gasteiger partial charge on any atom is 0.507 e. The summed E-state index contributed by atoms with van der Waals surface area (Å²) in [7, 11) is 0. The van der Waals surface area contributed by atoms with Crippen LogP contribution in [0, 0.1) is 0 Å². The van der Waals surface area contributed by atoms with Crippen molar-refractivity contribution in [2.45, 2.75) is 12.2 Å². The summed E-state index contributed by atoms with van der Waals surface area (Å²) in [5.41, 5.74) is -0.745. The third-order valence-corrected chi connectivity index (χ3v) is 2.46. The van der Waals surface area contributed by atoms with E-state index in [0.717, 1.165) is 22.9 Å². The first-order valence-electron chi connectivity index (χ1n) is 5.09. The third kappa shape index (κ3) is 1.70. The van der Waals surface area contributed by atoms with Gasteiger partial charge in [-0.15, -0.1) is 0 Å². The monoisotopic (exact) mass is 292 g/mol. The van der Waals surface area contributed by atoms with Gasteiger partial charge in [0, 0.05) is 6.07 Å². The predicted molar refractivity (Wildman–Crippen MR) is 53.1 cm³/mol. The molecule has 0 saturated carbocycles. The number of H-pyrrole nitrogens is 1. The fourth-order valence-electron chi connectivity index (χ4n) is 1.55. The van der Waals surface area contributed by atoms with Gasteiger partial charge in [0.2, 0.25) is 0 Å². The first-order chi connectivity index (χ1) is 9.30. The number of ether oxygens (including phenoxy) is 2. The summed E-state index contributed by atoms with van der Waals surface area (Å²) in [5, 5.41) is 8.55. The quantitative estimate of drug-likeness (QED) is 0.790. The zero-order valence-electron chi connectivity index (χ0n) is 9.31. The lowest BCUT2D eigenvalue weighted by Crippen LogP contribution is -2.52. The molecule has 2 aromatic rings. The van der Waals surface area contributed by atoms with Crippen LogP contribution in [0.25, 0.3) is 5.69 Å². The second kappa shape index (κ2) is 3.71. The van der Waals surface area contributed by atoms with Gasteiger partial charge in [0.1, 0.15) is 0 Å². The van der Waals surface area contributed by atoms with Gasteiger partial charge in [-0.3, -0.25) is 0 Å². The first-order valence-corrected chi connectivity index (χ1v) is 5.09. The molecule has 0 amide bonds. The van der Waals surface area contributed by atoms with E-state index in [9.17, 15) is 22.4 Å². The lowest BCUT2D eigenvalue weighted by Gasteiger charge is -2.31. The van der Waals surface area contributed by atoms with Crippen molar-refractivity contribution in [1.82, 2.24) is 20.2 Å². The Morgan fingerprint density at radius 2 is 1.75 bits per heavy atom. The molecule has 0 bridgehead atoms. The first kappa shape index (κ1) is 12.4. The molecule has 0 aliphatic carbocycles. The average Bonchev–Trinajstić information content (AvgIpc) is 2.76. The molecule has 1 aliphatic heterocycles. The van der Waals surface area contributed by atoms with E-state index < -0.39 is 29.4 Å². The summed E-state index contributed by atoms with van der Waals surface area (Å²) in [5.74, 6) is -1.23. The van der Waals surface area contributed by atoms with Crippen LogP contribution in [-0.4, -0.2) is 32.4 Å². The molecule has 0 saturated heterocycles. The molecule has 0 atom stereocenters. The van der Waals surface area contributed by atoms with E-state index in [1.807, 2.05) is 5.10 Å². The second-order valence-electron chi connectivity index (χ2n) is 3.79. The molecule has 1 aromatic heterocycles. The smallest absolute Gasteiger partial charge is 0.421 e. The van der Waals surface area contributed by atoms with Gasteiger partial charge in [0.25, 0.3) is 0 Å². The molecule has 106 valence electrons. The Kier molecular flexibility index (Phi) is 2.31. The molecule has 0 spiro atoms. The number of hydrogen-bond acceptors (Lipinski definition) is 5. The number of alkyl halides is 4. The number of fused-ring (bicyclic) bond motifs is 1. The van der Waals surface area contributed by atoms with Gasteiger partial charge in [-0.2, -0.15) is 22.2 Å². The Morgan fingerprint density at radius 1 is 1.10 bits per heavy atom. The molecular weight excluding hydrogens is 288 g/mol. The van der Waals surface area contributed by atoms with E-state index in [4.69, 9.17) is 0 Å². The summed E-state index contributed by atoms with van der Waals surface area (Å²) >= 11 is 0. The van der Waals surface area contributed by atoms with Crippen molar-refractivity contribution < 1.29 is 27.0 Å². The van der Waals surface area contributed by atoms with Crippen LogP contribution < -0.4 is 15.2 Å². The molecule has 11 heteroatoms. The lowest BCUT2D eigenvalue weighted by atomic mass is 10.2. The number of aromatic amines is 1. The average molecular weight is 292 g/mol. The number of hydrogen-bond donors (Lipinski definition) is 1. The van der Waals surface area contributed by atoms with Crippen molar-refractivity contribution >= 4 is 0 Å². The van der Waals surface area contributed by atoms with E-state index in [0.29, 0.717) is 0 Å². The highest BCUT2D eigenvalue weighted by molar-refractivity contribution is 5.49. The number of nitrogens with one attached hydrogen (secondary N) is 1. The van der Waals surface area contributed by atoms with Crippen LogP contribution >= 0.6 is 0 Å². The Labute approximate surface area is 106 Å². The molecule has 1 aromatic carbocycles. The molecule has 1 N–H and O–H groups in total. The lowest BCUT2D eigenvalue weighted by molar-refractivity contribution is -0.391. The van der Waals surface area contributed by atoms with E-state index in [-0.39, 0.29) is 5.69 Å². The summed E-state index contributed by atoms with van der Waals surface area (Å²) in [4.78, 5) is 11.3. The van der Waals surface area contributed by atoms with Crippen molar-refractivity contribution in [1.29, 1.82) is 0 Å². The Bertz CT molecular complexity index is 726. The van der Waals surface area contributed by atoms with Crippen molar-refractivity contribution in [3.63, 3.8) is 0 Å². The molecule has 0 radical (unpaired) electrons. The Hall–Kier alpha value is -2.59. The maximum absolute atomic E-state index is 13.0. The number of halogens is 4. The number of aromatic nitrogens is 4. The van der Waals surface area contributed by atoms with E-state index >= 15 is 0 Å². The van der Waals surface area contributed by atoms with Gasteiger partial charge in [-0.25, -0.2) is 9.89 Å². The molecule has 0 fully saturated rings. The fourth-order valence-corrected chi connectivity index (χ4v) is 1.55. The second-order valence-corrected chi connectivity index (χ2v) is 3.79. The van der Waals surface area contributed by atoms with E-state index in [1.54, 1.807) is 0 Å². The van der Waals surface area contributed by atoms with Crippen LogP contribution in [0.1, 0.15) is 0 Å². The highest BCUT2D eigenvalue weighted by atomic mass is 19.3. The van der Waals surface area contributed by atoms with E-state index in [2.05, 4.69) is 19.9 Å². The summed E-state index contributed by atoms with van der Waals surface area (Å²) < 4.78 is 60.4. The summed E-state index contributed by atoms with van der Waals surface area (Å²) in [6.07, 6.45) is -9.61. The molecule has 0 unspecified atom stereocenters. The molecule has 3 rings (SSSR count). The van der Waals surface area contributed by atoms with Crippen molar-refractivity contribution in [3.05, 3.63) is 28.7 Å². The third-order valence-electron chi connectivity index (χ3n) is 2.46. The van der Waals surface area contributed by atoms with Crippen LogP contribution in [0.15, 0.2) is 23.0 Å². The zero-order valence-corrected chi connectivity index (χ0v) is 9.31. The highest BCUT2D eigenvalue weighted by Gasteiger charge is 2.65. The van der Waals surface area contributed by atoms with Gasteiger partial charge in [-0.1, -0.05) is 0 Å². The fraction of sp³-hybridized carbons (Fsp3) is 0.222. The minimum atomic E-state index is -4.83. The highest BCUT2D eigenvalue weighted by Crippen LogP contribution is 2.47. The molecule has 7 nitrogen and oxygen atoms in total. The topological polar surface area (TPSA) is 82.0 Å². The van der Waals surface area contributed by atoms with Crippen molar-refractivity contribution in [2.24, 2.45) is 0 Å². The van der Waals surface area contributed by atoms with Gasteiger partial charge in [0.05, 0.1) is 5.69 Å². The minimum absolute atomic E-state index is 0.00730. The maximum atomic E-state index is 13.0. The number of tetrazole rings is 1. The van der Waals surface area contributed by atoms with Gasteiger partial charge in [-0.05, 0) is 22.6 Å². The Balaban J connectivity index is 2.08. The number of benzene rings is 1. The van der Waals surface area contributed by atoms with Gasteiger partial charge >= 0.3 is 17.9 Å². The molecular formula is C9H4F4N4O3. The molecule has 2 heterocycles. The van der Waals surface area contributed by atoms with Gasteiger partial charge < -0.3 is 9.47 Å². The predicted octanol–water partition coefficient (Wildman–Crippen LogP) is 0.912. The van der Waals surface area contributed by atoms with E-state index in [1.165, 1.54) is 0 Å². The SMILES string of the molecule is O=c1[nH]nnn1-c1ccc2c(c1)OC(F)(F)C(F)(F)O2. The van der Waals surface area contributed by atoms with Crippen molar-refractivity contribution in [3.8, 4) is 17.2 Å². The van der Waals surface area contributed by atoms with Crippen LogP contribution in [-0.2, 0) is 0 Å². The zero-order chi connectivity index (χ0) is 14.5. The standard InChI is InChI=1S/C9H4F4N4O3/c10-8(11)9(12,13)20-6-3-4(1-2-5(6)19-8)17-7(18)14-15-16-17/h1-3H,(H,14,16,18). The van der Waals surface area contributed by atoms with Gasteiger partial charge in [0.15, 0.2) is 11.5 Å². The molecule has 20 heavy (non-hydrogen) atoms. The largest absolute Gasteiger partial charge is 0.507 e. The number of nitrogens with zero attached hydrogens (tertiary/aromatic N) is 3. The van der Waals surface area contributed by atoms with Crippen LogP contribution in [0.2, 0.25) is 0 Å². The Morgan fingerprint density at radius 3 is 2.35 bits per heavy atom. The summed E-state index contributed by atoms with van der Waals surface area (Å²) in [6, 6.07) is 3.02.